The van der Waals surface area contributed by atoms with Crippen molar-refractivity contribution < 1.29 is 88.0 Å². The van der Waals surface area contributed by atoms with Crippen LogP contribution in [0.15, 0.2) is 48.6 Å². The molecule has 2 aliphatic rings. The van der Waals surface area contributed by atoms with Crippen LogP contribution in [0.4, 0.5) is 0 Å². The van der Waals surface area contributed by atoms with E-state index >= 15 is 0 Å². The lowest BCUT2D eigenvalue weighted by Gasteiger charge is -2.43. The average Bonchev–Trinajstić information content (AvgIpc) is 3.38. The highest BCUT2D eigenvalue weighted by molar-refractivity contribution is 5.88. The molecule has 2 heterocycles. The minimum absolute atomic E-state index is 0.114. The molecule has 4 rings (SSSR count). The van der Waals surface area contributed by atoms with E-state index in [9.17, 15) is 50.1 Å². The number of aromatic hydroxyl groups is 2. The Hall–Kier alpha value is -4.79. The van der Waals surface area contributed by atoms with Gasteiger partial charge in [0, 0.05) is 19.1 Å². The standard InChI is InChI=1S/C34H40O18/c1-17(36)47-14-24-28(41)30(43)31(44)33(49-24)52-34(16-35)32(50-27(40)11-7-19-5-9-21(38)23(13-19)46-3)29(42)25(51-34)15-48-26(39)10-6-18-4-8-20(37)22(12-18)45-2/h4-13,24-25,28-33,35,37-38,41-44H,14-16H2,1-3H3/t24-,25-,28-,29-,30+,31-,32+,33+,34+/m1/s1. The van der Waals surface area contributed by atoms with Gasteiger partial charge in [0.05, 0.1) is 14.2 Å². The van der Waals surface area contributed by atoms with E-state index in [0.29, 0.717) is 11.1 Å². The van der Waals surface area contributed by atoms with Crippen molar-refractivity contribution in [3.63, 3.8) is 0 Å². The second kappa shape index (κ2) is 17.6. The van der Waals surface area contributed by atoms with Crippen LogP contribution in [0.5, 0.6) is 23.0 Å². The third-order valence-electron chi connectivity index (χ3n) is 8.00. The molecule has 2 fully saturated rings. The monoisotopic (exact) mass is 736 g/mol. The fourth-order valence-electron chi connectivity index (χ4n) is 5.25. The number of esters is 3. The highest BCUT2D eigenvalue weighted by Gasteiger charge is 2.61. The molecule has 2 aromatic carbocycles. The maximum atomic E-state index is 13.0. The molecule has 0 radical (unpaired) electrons. The molecule has 284 valence electrons. The number of rotatable bonds is 14. The van der Waals surface area contributed by atoms with Crippen molar-refractivity contribution in [2.75, 3.05) is 34.0 Å². The van der Waals surface area contributed by atoms with Gasteiger partial charge in [-0.2, -0.15) is 0 Å². The summed E-state index contributed by atoms with van der Waals surface area (Å²) in [6.07, 6.45) is -9.75. The zero-order valence-electron chi connectivity index (χ0n) is 28.1. The molecule has 2 saturated heterocycles. The van der Waals surface area contributed by atoms with Crippen molar-refractivity contribution in [3.05, 3.63) is 59.7 Å². The molecule has 52 heavy (non-hydrogen) atoms. The van der Waals surface area contributed by atoms with Crippen molar-refractivity contribution >= 4 is 30.1 Å². The van der Waals surface area contributed by atoms with Gasteiger partial charge >= 0.3 is 17.9 Å². The first-order valence-electron chi connectivity index (χ1n) is 15.7. The smallest absolute Gasteiger partial charge is 0.331 e. The van der Waals surface area contributed by atoms with Crippen molar-refractivity contribution in [1.82, 2.24) is 0 Å². The van der Waals surface area contributed by atoms with Crippen molar-refractivity contribution in [2.45, 2.75) is 61.7 Å². The number of ether oxygens (including phenoxy) is 8. The van der Waals surface area contributed by atoms with Crippen LogP contribution in [-0.2, 0) is 42.8 Å². The van der Waals surface area contributed by atoms with Crippen molar-refractivity contribution in [2.24, 2.45) is 0 Å². The molecular weight excluding hydrogens is 696 g/mol. The molecule has 0 aromatic heterocycles. The van der Waals surface area contributed by atoms with Gasteiger partial charge in [0.1, 0.15) is 56.4 Å². The number of hydrogen-bond acceptors (Lipinski definition) is 18. The SMILES string of the molecule is COc1cc(C=CC(=O)OC[C@H]2O[C@@](CO)(O[C@@H]3O[C@H](COC(C)=O)[C@@H](O)[C@H](O)[C@H]3O)[C@@H](OC(=O)C=Cc3ccc(O)c(OC)c3)[C@@H]2O)ccc1O. The van der Waals surface area contributed by atoms with Crippen LogP contribution in [0.1, 0.15) is 18.1 Å². The molecule has 18 nitrogen and oxygen atoms in total. The van der Waals surface area contributed by atoms with Gasteiger partial charge in [-0.1, -0.05) is 12.1 Å². The van der Waals surface area contributed by atoms with E-state index < -0.39 is 92.5 Å². The van der Waals surface area contributed by atoms with E-state index in [1.165, 1.54) is 62.8 Å². The topological polar surface area (TPSA) is 267 Å². The number of carbonyl (C=O) groups is 3. The first-order chi connectivity index (χ1) is 24.7. The summed E-state index contributed by atoms with van der Waals surface area (Å²) in [6.45, 7) is -1.35. The zero-order valence-corrected chi connectivity index (χ0v) is 28.1. The minimum atomic E-state index is -2.54. The molecule has 0 unspecified atom stereocenters. The lowest BCUT2D eigenvalue weighted by Crippen LogP contribution is -2.63. The number of phenols is 2. The number of benzene rings is 2. The first kappa shape index (κ1) is 40.0. The largest absolute Gasteiger partial charge is 0.504 e. The number of hydrogen-bond donors (Lipinski definition) is 7. The fourth-order valence-corrected chi connectivity index (χ4v) is 5.25. The van der Waals surface area contributed by atoms with Gasteiger partial charge in [-0.05, 0) is 47.5 Å². The van der Waals surface area contributed by atoms with Crippen LogP contribution in [-0.4, -0.2) is 142 Å². The molecule has 0 saturated carbocycles. The molecule has 2 aromatic rings. The normalized spacial score (nSPS) is 28.8. The van der Waals surface area contributed by atoms with E-state index in [-0.39, 0.29) is 23.0 Å². The average molecular weight is 737 g/mol. The Labute approximate surface area is 296 Å². The Kier molecular flexibility index (Phi) is 13.6. The fraction of sp³-hybridized carbons (Fsp3) is 0.441. The van der Waals surface area contributed by atoms with Crippen molar-refractivity contribution in [3.8, 4) is 23.0 Å². The quantitative estimate of drug-likeness (QED) is 0.0706. The second-order valence-corrected chi connectivity index (χ2v) is 11.6. The van der Waals surface area contributed by atoms with E-state index in [1.54, 1.807) is 0 Å². The Bertz CT molecular complexity index is 1630. The number of methoxy groups -OCH3 is 2. The van der Waals surface area contributed by atoms with Gasteiger partial charge < -0.3 is 73.6 Å². The number of aliphatic hydroxyl groups excluding tert-OH is 5. The molecule has 0 bridgehead atoms. The van der Waals surface area contributed by atoms with Crippen LogP contribution in [0, 0.1) is 0 Å². The second-order valence-electron chi connectivity index (χ2n) is 11.6. The summed E-state index contributed by atoms with van der Waals surface area (Å²) in [5.74, 6) is -5.30. The Balaban J connectivity index is 1.56. The lowest BCUT2D eigenvalue weighted by atomic mass is 9.99. The van der Waals surface area contributed by atoms with Crippen LogP contribution >= 0.6 is 0 Å². The van der Waals surface area contributed by atoms with Crippen LogP contribution in [0.2, 0.25) is 0 Å². The predicted octanol–water partition coefficient (Wildman–Crippen LogP) is -0.868. The Morgan fingerprint density at radius 3 is 1.87 bits per heavy atom. The molecule has 0 spiro atoms. The predicted molar refractivity (Wildman–Crippen MR) is 173 cm³/mol. The number of aliphatic hydroxyl groups is 5. The summed E-state index contributed by atoms with van der Waals surface area (Å²) in [4.78, 5) is 37.0. The highest BCUT2D eigenvalue weighted by atomic mass is 16.8. The highest BCUT2D eigenvalue weighted by Crippen LogP contribution is 2.38. The minimum Gasteiger partial charge on any atom is -0.504 e. The van der Waals surface area contributed by atoms with Gasteiger partial charge in [-0.3, -0.25) is 4.79 Å². The van der Waals surface area contributed by atoms with E-state index in [1.807, 2.05) is 0 Å². The molecule has 0 amide bonds. The van der Waals surface area contributed by atoms with E-state index in [4.69, 9.17) is 37.9 Å². The molecule has 0 aliphatic carbocycles. The number of carbonyl (C=O) groups excluding carboxylic acids is 3. The maximum absolute atomic E-state index is 13.0. The van der Waals surface area contributed by atoms with Crippen molar-refractivity contribution in [1.29, 1.82) is 0 Å². The summed E-state index contributed by atoms with van der Waals surface area (Å²) >= 11 is 0. The third-order valence-corrected chi connectivity index (χ3v) is 8.00. The van der Waals surface area contributed by atoms with E-state index in [0.717, 1.165) is 19.1 Å². The summed E-state index contributed by atoms with van der Waals surface area (Å²) < 4.78 is 42.7. The van der Waals surface area contributed by atoms with Gasteiger partial charge in [-0.25, -0.2) is 9.59 Å². The third kappa shape index (κ3) is 9.55. The molecule has 7 N–H and O–H groups in total. The van der Waals surface area contributed by atoms with Crippen LogP contribution < -0.4 is 9.47 Å². The summed E-state index contributed by atoms with van der Waals surface area (Å²) in [7, 11) is 2.68. The first-order valence-corrected chi connectivity index (χ1v) is 15.7. The lowest BCUT2D eigenvalue weighted by molar-refractivity contribution is -0.383. The summed E-state index contributed by atoms with van der Waals surface area (Å²) in [5.41, 5.74) is 0.862. The molecule has 2 aliphatic heterocycles. The summed E-state index contributed by atoms with van der Waals surface area (Å²) in [5, 5.41) is 73.1. The van der Waals surface area contributed by atoms with Gasteiger partial charge in [0.2, 0.25) is 5.79 Å². The number of phenolic OH excluding ortho intramolecular Hbond substituents is 2. The molecular formula is C34H40O18. The zero-order chi connectivity index (χ0) is 38.2. The van der Waals surface area contributed by atoms with Crippen LogP contribution in [0.25, 0.3) is 12.2 Å². The van der Waals surface area contributed by atoms with E-state index in [2.05, 4.69) is 0 Å². The van der Waals surface area contributed by atoms with Gasteiger partial charge in [-0.15, -0.1) is 0 Å². The van der Waals surface area contributed by atoms with Gasteiger partial charge in [0.15, 0.2) is 35.4 Å². The van der Waals surface area contributed by atoms with Gasteiger partial charge in [0.25, 0.3) is 0 Å². The Morgan fingerprint density at radius 1 is 0.769 bits per heavy atom. The maximum Gasteiger partial charge on any atom is 0.331 e. The summed E-state index contributed by atoms with van der Waals surface area (Å²) in [6, 6.07) is 8.50. The molecule has 18 heteroatoms. The Morgan fingerprint density at radius 2 is 1.33 bits per heavy atom. The molecule has 9 atom stereocenters. The van der Waals surface area contributed by atoms with Crippen LogP contribution in [0.3, 0.4) is 0 Å².